The molecule has 2 rings (SSSR count). The van der Waals surface area contributed by atoms with Crippen LogP contribution < -0.4 is 4.90 Å². The van der Waals surface area contributed by atoms with Gasteiger partial charge in [-0.1, -0.05) is 22.9 Å². The third-order valence-corrected chi connectivity index (χ3v) is 4.94. The van der Waals surface area contributed by atoms with Gasteiger partial charge in [0.1, 0.15) is 0 Å². The van der Waals surface area contributed by atoms with Gasteiger partial charge in [-0.2, -0.15) is 0 Å². The molecule has 1 aromatic heterocycles. The van der Waals surface area contributed by atoms with E-state index in [2.05, 4.69) is 9.72 Å². The second-order valence-corrected chi connectivity index (χ2v) is 6.40. The molecule has 0 saturated carbocycles. The molecule has 116 valence electrons. The first-order valence-electron chi connectivity index (χ1n) is 6.58. The Morgan fingerprint density at radius 3 is 2.86 bits per heavy atom. The van der Waals surface area contributed by atoms with Crippen molar-refractivity contribution in [3.05, 3.63) is 10.0 Å². The maximum absolute atomic E-state index is 12.0. The average molecular weight is 333 g/mol. The Morgan fingerprint density at radius 2 is 2.24 bits per heavy atom. The lowest BCUT2D eigenvalue weighted by Crippen LogP contribution is -2.33. The molecule has 1 unspecified atom stereocenters. The fraction of sp³-hybridized carbons (Fsp3) is 0.615. The van der Waals surface area contributed by atoms with Crippen LogP contribution in [0.25, 0.3) is 0 Å². The number of thiazole rings is 1. The topological polar surface area (TPSA) is 68.7 Å². The fourth-order valence-electron chi connectivity index (χ4n) is 2.24. The number of ether oxygens (including phenoxy) is 2. The van der Waals surface area contributed by atoms with Crippen molar-refractivity contribution in [2.45, 2.75) is 20.3 Å². The average Bonchev–Trinajstić information content (AvgIpc) is 3.03. The second-order valence-electron chi connectivity index (χ2n) is 5.06. The number of halogens is 1. The summed E-state index contributed by atoms with van der Waals surface area (Å²) in [5, 5.41) is 0.750. The molecule has 0 N–H and O–H groups in total. The number of carbonyl (C=O) groups excluding carboxylic acids is 2. The number of esters is 2. The van der Waals surface area contributed by atoms with E-state index in [0.29, 0.717) is 31.2 Å². The Hall–Kier alpha value is -1.34. The van der Waals surface area contributed by atoms with E-state index in [9.17, 15) is 9.59 Å². The predicted octanol–water partition coefficient (Wildman–Crippen LogP) is 2.36. The van der Waals surface area contributed by atoms with Crippen LogP contribution in [0.15, 0.2) is 0 Å². The molecule has 21 heavy (non-hydrogen) atoms. The molecule has 0 aliphatic carbocycles. The van der Waals surface area contributed by atoms with Crippen LogP contribution in [0.2, 0.25) is 5.15 Å². The first-order valence-corrected chi connectivity index (χ1v) is 7.77. The van der Waals surface area contributed by atoms with E-state index in [0.717, 1.165) is 0 Å². The van der Waals surface area contributed by atoms with E-state index in [1.165, 1.54) is 18.4 Å². The van der Waals surface area contributed by atoms with E-state index in [1.54, 1.807) is 6.92 Å². The highest BCUT2D eigenvalue weighted by atomic mass is 35.5. The highest BCUT2D eigenvalue weighted by Crippen LogP contribution is 2.38. The minimum Gasteiger partial charge on any atom is -0.466 e. The summed E-state index contributed by atoms with van der Waals surface area (Å²) in [4.78, 5) is 30.0. The number of rotatable bonds is 4. The van der Waals surface area contributed by atoms with Crippen LogP contribution in [0.3, 0.4) is 0 Å². The zero-order chi connectivity index (χ0) is 15.6. The van der Waals surface area contributed by atoms with Gasteiger partial charge < -0.3 is 14.4 Å². The monoisotopic (exact) mass is 332 g/mol. The molecule has 1 aliphatic heterocycles. The SMILES string of the molecule is CCOC(=O)C1(C)CCN(c2nc(Cl)c(C(=O)OC)s2)C1. The lowest BCUT2D eigenvalue weighted by molar-refractivity contribution is -0.153. The molecule has 6 nitrogen and oxygen atoms in total. The molecule has 0 aromatic carbocycles. The minimum absolute atomic E-state index is 0.131. The molecule has 1 aromatic rings. The lowest BCUT2D eigenvalue weighted by Gasteiger charge is -2.22. The molecular formula is C13H17ClN2O4S. The highest BCUT2D eigenvalue weighted by Gasteiger charge is 2.42. The number of carbonyl (C=O) groups is 2. The van der Waals surface area contributed by atoms with Gasteiger partial charge in [-0.25, -0.2) is 9.78 Å². The summed E-state index contributed by atoms with van der Waals surface area (Å²) in [6, 6.07) is 0. The number of hydrogen-bond acceptors (Lipinski definition) is 7. The Bertz CT molecular complexity index is 562. The standard InChI is InChI=1S/C13H17ClN2O4S/c1-4-20-11(18)13(2)5-6-16(7-13)12-15-9(14)8(21-12)10(17)19-3/h4-7H2,1-3H3. The number of aromatic nitrogens is 1. The van der Waals surface area contributed by atoms with Gasteiger partial charge in [0.25, 0.3) is 0 Å². The van der Waals surface area contributed by atoms with Gasteiger partial charge in [0.05, 0.1) is 19.1 Å². The Labute approximate surface area is 132 Å². The molecule has 1 atom stereocenters. The number of hydrogen-bond donors (Lipinski definition) is 0. The Morgan fingerprint density at radius 1 is 1.52 bits per heavy atom. The van der Waals surface area contributed by atoms with Crippen LogP contribution >= 0.6 is 22.9 Å². The smallest absolute Gasteiger partial charge is 0.351 e. The van der Waals surface area contributed by atoms with Gasteiger partial charge in [0.2, 0.25) is 0 Å². The quantitative estimate of drug-likeness (QED) is 0.788. The molecule has 1 saturated heterocycles. The molecule has 8 heteroatoms. The van der Waals surface area contributed by atoms with E-state index in [-0.39, 0.29) is 16.0 Å². The lowest BCUT2D eigenvalue weighted by atomic mass is 9.90. The Kier molecular flexibility index (Phi) is 4.73. The Balaban J connectivity index is 2.15. The summed E-state index contributed by atoms with van der Waals surface area (Å²) in [5.41, 5.74) is -0.556. The van der Waals surface area contributed by atoms with Crippen molar-refractivity contribution in [2.75, 3.05) is 31.7 Å². The van der Waals surface area contributed by atoms with Crippen LogP contribution in [-0.4, -0.2) is 43.7 Å². The van der Waals surface area contributed by atoms with Crippen LogP contribution in [-0.2, 0) is 14.3 Å². The van der Waals surface area contributed by atoms with E-state index >= 15 is 0 Å². The molecular weight excluding hydrogens is 316 g/mol. The summed E-state index contributed by atoms with van der Waals surface area (Å²) >= 11 is 7.13. The van der Waals surface area contributed by atoms with Crippen molar-refractivity contribution in [1.29, 1.82) is 0 Å². The van der Waals surface area contributed by atoms with E-state index < -0.39 is 11.4 Å². The number of anilines is 1. The summed E-state index contributed by atoms with van der Waals surface area (Å²) in [6.07, 6.45) is 0.677. The van der Waals surface area contributed by atoms with Crippen molar-refractivity contribution >= 4 is 40.0 Å². The van der Waals surface area contributed by atoms with Crippen molar-refractivity contribution in [3.8, 4) is 0 Å². The molecule has 1 fully saturated rings. The summed E-state index contributed by atoms with van der Waals surface area (Å²) in [7, 11) is 1.30. The third-order valence-electron chi connectivity index (χ3n) is 3.46. The van der Waals surface area contributed by atoms with Crippen LogP contribution in [0, 0.1) is 5.41 Å². The summed E-state index contributed by atoms with van der Waals surface area (Å²) in [5.74, 6) is -0.709. The molecule has 0 bridgehead atoms. The van der Waals surface area contributed by atoms with Gasteiger partial charge >= 0.3 is 11.9 Å². The van der Waals surface area contributed by atoms with E-state index in [4.69, 9.17) is 16.3 Å². The summed E-state index contributed by atoms with van der Waals surface area (Å²) in [6.45, 7) is 5.19. The molecule has 2 heterocycles. The molecule has 0 radical (unpaired) electrons. The van der Waals surface area contributed by atoms with Crippen molar-refractivity contribution in [2.24, 2.45) is 5.41 Å². The van der Waals surface area contributed by atoms with Crippen molar-refractivity contribution in [3.63, 3.8) is 0 Å². The predicted molar refractivity (Wildman–Crippen MR) is 80.0 cm³/mol. The number of nitrogens with zero attached hydrogens (tertiary/aromatic N) is 2. The van der Waals surface area contributed by atoms with Crippen LogP contribution in [0.4, 0.5) is 5.13 Å². The molecule has 1 aliphatic rings. The van der Waals surface area contributed by atoms with Crippen LogP contribution in [0.5, 0.6) is 0 Å². The third kappa shape index (κ3) is 3.13. The van der Waals surface area contributed by atoms with E-state index in [1.807, 2.05) is 11.8 Å². The maximum atomic E-state index is 12.0. The van der Waals surface area contributed by atoms with Gasteiger partial charge in [-0.15, -0.1) is 0 Å². The van der Waals surface area contributed by atoms with Gasteiger partial charge in [-0.3, -0.25) is 4.79 Å². The normalized spacial score (nSPS) is 21.4. The first-order chi connectivity index (χ1) is 9.91. The number of methoxy groups -OCH3 is 1. The van der Waals surface area contributed by atoms with Gasteiger partial charge in [-0.05, 0) is 20.3 Å². The van der Waals surface area contributed by atoms with Crippen molar-refractivity contribution in [1.82, 2.24) is 4.98 Å². The van der Waals surface area contributed by atoms with Gasteiger partial charge in [0, 0.05) is 13.1 Å². The summed E-state index contributed by atoms with van der Waals surface area (Å²) < 4.78 is 9.77. The van der Waals surface area contributed by atoms with Crippen LogP contribution in [0.1, 0.15) is 29.9 Å². The zero-order valence-corrected chi connectivity index (χ0v) is 13.7. The maximum Gasteiger partial charge on any atom is 0.351 e. The highest BCUT2D eigenvalue weighted by molar-refractivity contribution is 7.18. The van der Waals surface area contributed by atoms with Crippen molar-refractivity contribution < 1.29 is 19.1 Å². The first kappa shape index (κ1) is 16.0. The molecule has 0 amide bonds. The minimum atomic E-state index is -0.556. The fourth-order valence-corrected chi connectivity index (χ4v) is 3.47. The zero-order valence-electron chi connectivity index (χ0n) is 12.1. The second kappa shape index (κ2) is 6.19. The van der Waals surface area contributed by atoms with Gasteiger partial charge in [0.15, 0.2) is 15.2 Å². The molecule has 0 spiro atoms. The largest absolute Gasteiger partial charge is 0.466 e.